The molecule has 2 aliphatic rings. The number of methoxy groups -OCH3 is 1. The van der Waals surface area contributed by atoms with E-state index in [4.69, 9.17) is 9.47 Å². The molecule has 1 saturated heterocycles. The summed E-state index contributed by atoms with van der Waals surface area (Å²) >= 11 is 0. The predicted molar refractivity (Wildman–Crippen MR) is 180 cm³/mol. The average molecular weight is 656 g/mol. The van der Waals surface area contributed by atoms with Crippen LogP contribution in [-0.2, 0) is 21.7 Å². The lowest BCUT2D eigenvalue weighted by Crippen LogP contribution is -2.45. The quantitative estimate of drug-likeness (QED) is 0.212. The molecule has 1 spiro atoms. The maximum Gasteiger partial charge on any atom is 0.264 e. The van der Waals surface area contributed by atoms with Crippen LogP contribution in [0.15, 0.2) is 79.0 Å². The van der Waals surface area contributed by atoms with Crippen molar-refractivity contribution < 1.29 is 29.0 Å². The van der Waals surface area contributed by atoms with Gasteiger partial charge in [0.2, 0.25) is 0 Å². The normalized spacial score (nSPS) is 22.8. The van der Waals surface area contributed by atoms with Gasteiger partial charge in [0.15, 0.2) is 13.9 Å². The number of carbonyl (C=O) groups is 2. The number of amides is 2. The summed E-state index contributed by atoms with van der Waals surface area (Å²) in [5.74, 6) is -0.468. The first kappa shape index (κ1) is 32.6. The minimum atomic E-state index is -2.86. The largest absolute Gasteiger partial charge is 0.497 e. The minimum absolute atomic E-state index is 0.0988. The molecule has 1 aromatic heterocycles. The van der Waals surface area contributed by atoms with Crippen LogP contribution >= 0.6 is 0 Å². The van der Waals surface area contributed by atoms with E-state index in [1.807, 2.05) is 68.7 Å². The summed E-state index contributed by atoms with van der Waals surface area (Å²) in [7, 11) is 0.435. The van der Waals surface area contributed by atoms with Crippen LogP contribution in [0.4, 0.5) is 11.4 Å². The van der Waals surface area contributed by atoms with E-state index in [0.717, 1.165) is 5.56 Å². The Kier molecular flexibility index (Phi) is 8.79. The first-order valence-electron chi connectivity index (χ1n) is 15.8. The number of ether oxygens (including phenoxy) is 2. The molecule has 1 fully saturated rings. The van der Waals surface area contributed by atoms with Crippen LogP contribution in [0.3, 0.4) is 0 Å². The number of likely N-dealkylation sites (N-methyl/N-ethyl adjacent to an activating group) is 1. The van der Waals surface area contributed by atoms with E-state index in [1.54, 1.807) is 54.1 Å². The molecule has 12 heteroatoms. The third-order valence-electron chi connectivity index (χ3n) is 9.66. The Morgan fingerprint density at radius 3 is 2.51 bits per heavy atom. The molecule has 3 N–H and O–H groups in total. The van der Waals surface area contributed by atoms with Crippen LogP contribution in [0.2, 0.25) is 18.6 Å². The number of aliphatic hydroxyl groups excluding tert-OH is 1. The molecule has 0 aliphatic carbocycles. The molecule has 3 heterocycles. The second-order valence-corrected chi connectivity index (χ2v) is 17.0. The van der Waals surface area contributed by atoms with E-state index < -0.39 is 20.0 Å². The molecule has 47 heavy (non-hydrogen) atoms. The summed E-state index contributed by atoms with van der Waals surface area (Å²) in [6.07, 6.45) is 1.89. The van der Waals surface area contributed by atoms with Gasteiger partial charge in [-0.25, -0.2) is 0 Å². The van der Waals surface area contributed by atoms with Gasteiger partial charge in [-0.3, -0.25) is 14.3 Å². The van der Waals surface area contributed by atoms with Crippen LogP contribution in [-0.4, -0.2) is 71.9 Å². The lowest BCUT2D eigenvalue weighted by molar-refractivity contribution is -0.145. The molecule has 11 nitrogen and oxygen atoms in total. The van der Waals surface area contributed by atoms with Gasteiger partial charge in [0.25, 0.3) is 11.8 Å². The minimum Gasteiger partial charge on any atom is -0.497 e. The molecule has 0 radical (unpaired) electrons. The maximum absolute atomic E-state index is 14.1. The van der Waals surface area contributed by atoms with Gasteiger partial charge in [-0.05, 0) is 67.5 Å². The summed E-state index contributed by atoms with van der Waals surface area (Å²) in [5, 5.41) is 21.7. The number of aromatic nitrogens is 3. The first-order chi connectivity index (χ1) is 22.5. The summed E-state index contributed by atoms with van der Waals surface area (Å²) in [6, 6.07) is 21.9. The van der Waals surface area contributed by atoms with Crippen LogP contribution in [0, 0.1) is 5.92 Å². The zero-order valence-corrected chi connectivity index (χ0v) is 28.3. The van der Waals surface area contributed by atoms with Gasteiger partial charge in [0.05, 0.1) is 37.1 Å². The Bertz CT molecular complexity index is 1760. The van der Waals surface area contributed by atoms with Gasteiger partial charge in [0.1, 0.15) is 5.75 Å². The van der Waals surface area contributed by atoms with Crippen molar-refractivity contribution in [2.45, 2.75) is 56.1 Å². The van der Waals surface area contributed by atoms with Crippen LogP contribution in [0.5, 0.6) is 5.75 Å². The lowest BCUT2D eigenvalue weighted by atomic mass is 9.82. The van der Waals surface area contributed by atoms with E-state index in [-0.39, 0.29) is 35.8 Å². The van der Waals surface area contributed by atoms with Crippen molar-refractivity contribution in [3.63, 3.8) is 0 Å². The number of hydrogen-bond acceptors (Lipinski definition) is 8. The molecule has 0 bridgehead atoms. The fourth-order valence-electron chi connectivity index (χ4n) is 7.37. The Labute approximate surface area is 275 Å². The smallest absolute Gasteiger partial charge is 0.264 e. The number of nitrogens with zero attached hydrogens (tertiary/aromatic N) is 4. The highest BCUT2D eigenvalue weighted by Crippen LogP contribution is 2.59. The lowest BCUT2D eigenvalue weighted by Gasteiger charge is -2.32. The van der Waals surface area contributed by atoms with E-state index in [9.17, 15) is 19.5 Å². The second-order valence-electron chi connectivity index (χ2n) is 13.0. The number of aliphatic hydroxyl groups is 1. The molecular formula is C35H41N5O6Si. The standard InChI is InChI=1S/C35H41N5O6Si/c1-22-32(47(4,5)44)31(17-18-40-20-29(37-38-40)27(21-41)23-9-7-6-8-10-23)46-35(22)28-19-25(13-16-30(28)39(2)34(35)43)36-33(42)24-11-14-26(45-3)15-12-24/h6-16,19-20,22,27,31-32,41,44H,17-18,21H2,1-5H3,(H,36,42)/t22-,27?,31+,32-,35+/m0/s1. The zero-order chi connectivity index (χ0) is 33.5. The maximum atomic E-state index is 14.1. The molecule has 3 aromatic carbocycles. The van der Waals surface area contributed by atoms with Crippen molar-refractivity contribution in [3.05, 3.63) is 101 Å². The van der Waals surface area contributed by atoms with Crippen molar-refractivity contribution >= 4 is 31.5 Å². The predicted octanol–water partition coefficient (Wildman–Crippen LogP) is 4.53. The third-order valence-corrected chi connectivity index (χ3v) is 12.2. The third kappa shape index (κ3) is 5.86. The molecule has 4 aromatic rings. The molecule has 2 aliphatic heterocycles. The Balaban J connectivity index is 1.26. The average Bonchev–Trinajstić information content (AvgIpc) is 3.71. The van der Waals surface area contributed by atoms with E-state index in [0.29, 0.717) is 46.9 Å². The molecule has 2 amide bonds. The van der Waals surface area contributed by atoms with Crippen molar-refractivity contribution in [2.75, 3.05) is 31.0 Å². The van der Waals surface area contributed by atoms with Crippen LogP contribution in [0.25, 0.3) is 0 Å². The molecular weight excluding hydrogens is 615 g/mol. The highest BCUT2D eigenvalue weighted by Gasteiger charge is 2.65. The number of fused-ring (bicyclic) bond motifs is 2. The van der Waals surface area contributed by atoms with Gasteiger partial charge < -0.3 is 29.6 Å². The molecule has 5 atom stereocenters. The van der Waals surface area contributed by atoms with Crippen molar-refractivity contribution in [1.82, 2.24) is 15.0 Å². The van der Waals surface area contributed by atoms with Gasteiger partial charge in [-0.15, -0.1) is 5.10 Å². The highest BCUT2D eigenvalue weighted by molar-refractivity contribution is 6.71. The Morgan fingerprint density at radius 1 is 1.13 bits per heavy atom. The molecule has 1 unspecified atom stereocenters. The van der Waals surface area contributed by atoms with Gasteiger partial charge in [-0.2, -0.15) is 0 Å². The fourth-order valence-corrected chi connectivity index (χ4v) is 9.98. The van der Waals surface area contributed by atoms with E-state index >= 15 is 0 Å². The number of aryl methyl sites for hydroxylation is 1. The highest BCUT2D eigenvalue weighted by atomic mass is 28.4. The monoisotopic (exact) mass is 655 g/mol. The summed E-state index contributed by atoms with van der Waals surface area (Å²) in [5.41, 5.74) is 2.41. The van der Waals surface area contributed by atoms with Crippen LogP contribution in [0.1, 0.15) is 46.4 Å². The Hall–Kier alpha value is -4.36. The summed E-state index contributed by atoms with van der Waals surface area (Å²) in [4.78, 5) is 40.4. The second kappa shape index (κ2) is 12.7. The molecule has 6 rings (SSSR count). The van der Waals surface area contributed by atoms with Crippen molar-refractivity contribution in [1.29, 1.82) is 0 Å². The van der Waals surface area contributed by atoms with Gasteiger partial charge >= 0.3 is 0 Å². The number of rotatable bonds is 10. The SMILES string of the molecule is COc1ccc(C(=O)Nc2ccc3c(c2)[C@@]2(O[C@H](CCn4cc(C(CO)c5ccccc5)nn4)[C@@H]([Si](C)(C)O)[C@@H]2C)C(=O)N3C)cc1. The number of nitrogens with one attached hydrogen (secondary N) is 1. The van der Waals surface area contributed by atoms with Crippen molar-refractivity contribution in [2.24, 2.45) is 5.92 Å². The molecule has 0 saturated carbocycles. The van der Waals surface area contributed by atoms with E-state index in [2.05, 4.69) is 15.6 Å². The summed E-state index contributed by atoms with van der Waals surface area (Å²) < 4.78 is 13.8. The summed E-state index contributed by atoms with van der Waals surface area (Å²) in [6.45, 7) is 6.11. The number of benzene rings is 3. The van der Waals surface area contributed by atoms with Crippen LogP contribution < -0.4 is 15.0 Å². The molecule has 246 valence electrons. The number of carbonyl (C=O) groups excluding carboxylic acids is 2. The first-order valence-corrected chi connectivity index (χ1v) is 18.8. The van der Waals surface area contributed by atoms with Crippen molar-refractivity contribution in [3.8, 4) is 5.75 Å². The van der Waals surface area contributed by atoms with E-state index in [1.165, 1.54) is 0 Å². The van der Waals surface area contributed by atoms with Gasteiger partial charge in [-0.1, -0.05) is 42.5 Å². The topological polar surface area (TPSA) is 139 Å². The number of anilines is 2. The Morgan fingerprint density at radius 2 is 1.85 bits per heavy atom. The fraction of sp³-hybridized carbons (Fsp3) is 0.371. The number of hydrogen-bond donors (Lipinski definition) is 3. The van der Waals surface area contributed by atoms with Gasteiger partial charge in [0, 0.05) is 48.1 Å². The zero-order valence-electron chi connectivity index (χ0n) is 27.3.